The van der Waals surface area contributed by atoms with Crippen molar-refractivity contribution in [2.45, 2.75) is 50.7 Å². The van der Waals surface area contributed by atoms with Crippen LogP contribution in [-0.4, -0.2) is 30.7 Å². The Labute approximate surface area is 121 Å². The minimum absolute atomic E-state index is 0.657. The van der Waals surface area contributed by atoms with Crippen LogP contribution in [-0.2, 0) is 6.54 Å². The summed E-state index contributed by atoms with van der Waals surface area (Å²) in [5.41, 5.74) is 1.25. The van der Waals surface area contributed by atoms with Crippen molar-refractivity contribution in [2.24, 2.45) is 5.92 Å². The van der Waals surface area contributed by atoms with Gasteiger partial charge in [-0.25, -0.2) is 4.98 Å². The zero-order chi connectivity index (χ0) is 13.8. The van der Waals surface area contributed by atoms with Crippen molar-refractivity contribution < 1.29 is 4.74 Å². The fraction of sp³-hybridized carbons (Fsp3) is 0.688. The van der Waals surface area contributed by atoms with Gasteiger partial charge < -0.3 is 15.4 Å². The average Bonchev–Trinajstić information content (AvgIpc) is 3.16. The minimum atomic E-state index is 0.657. The fourth-order valence-corrected chi connectivity index (χ4v) is 3.72. The maximum atomic E-state index is 5.18. The third-order valence-electron chi connectivity index (χ3n) is 4.76. The molecule has 0 radical (unpaired) electrons. The molecule has 0 aromatic carbocycles. The summed E-state index contributed by atoms with van der Waals surface area (Å²) >= 11 is 0. The highest BCUT2D eigenvalue weighted by atomic mass is 16.5. The molecule has 3 atom stereocenters. The van der Waals surface area contributed by atoms with Gasteiger partial charge in [-0.1, -0.05) is 6.42 Å². The Balaban J connectivity index is 1.56. The molecule has 1 aromatic rings. The van der Waals surface area contributed by atoms with Crippen LogP contribution in [0.5, 0.6) is 5.88 Å². The molecule has 1 saturated heterocycles. The van der Waals surface area contributed by atoms with E-state index in [0.29, 0.717) is 11.9 Å². The molecule has 4 heteroatoms. The lowest BCUT2D eigenvalue weighted by atomic mass is 9.93. The van der Waals surface area contributed by atoms with E-state index in [4.69, 9.17) is 4.74 Å². The average molecular weight is 275 g/mol. The van der Waals surface area contributed by atoms with Crippen LogP contribution in [0.15, 0.2) is 18.3 Å². The first-order chi connectivity index (χ1) is 9.86. The molecule has 20 heavy (non-hydrogen) atoms. The molecule has 2 fully saturated rings. The van der Waals surface area contributed by atoms with Crippen molar-refractivity contribution in [1.29, 1.82) is 0 Å². The molecule has 3 rings (SSSR count). The van der Waals surface area contributed by atoms with Gasteiger partial charge in [-0.2, -0.15) is 0 Å². The zero-order valence-corrected chi connectivity index (χ0v) is 12.3. The maximum Gasteiger partial charge on any atom is 0.213 e. The van der Waals surface area contributed by atoms with Gasteiger partial charge in [-0.3, -0.25) is 0 Å². The fourth-order valence-electron chi connectivity index (χ4n) is 3.72. The van der Waals surface area contributed by atoms with E-state index in [1.807, 2.05) is 12.3 Å². The summed E-state index contributed by atoms with van der Waals surface area (Å²) in [6.07, 6.45) is 8.56. The van der Waals surface area contributed by atoms with Crippen LogP contribution in [0.25, 0.3) is 0 Å². The third kappa shape index (κ3) is 3.13. The SMILES string of the molecule is COc1cc(CNC2CCCC2C2CCCN2)ccn1. The van der Waals surface area contributed by atoms with Gasteiger partial charge >= 0.3 is 0 Å². The van der Waals surface area contributed by atoms with Gasteiger partial charge in [0, 0.05) is 30.9 Å². The molecule has 1 saturated carbocycles. The number of pyridine rings is 1. The van der Waals surface area contributed by atoms with Crippen molar-refractivity contribution in [1.82, 2.24) is 15.6 Å². The Morgan fingerprint density at radius 2 is 2.30 bits per heavy atom. The number of methoxy groups -OCH3 is 1. The van der Waals surface area contributed by atoms with E-state index in [1.165, 1.54) is 44.2 Å². The maximum absolute atomic E-state index is 5.18. The van der Waals surface area contributed by atoms with Gasteiger partial charge in [0.15, 0.2) is 0 Å². The van der Waals surface area contributed by atoms with Crippen molar-refractivity contribution in [2.75, 3.05) is 13.7 Å². The normalized spacial score (nSPS) is 29.8. The van der Waals surface area contributed by atoms with Crippen LogP contribution in [0.4, 0.5) is 0 Å². The Morgan fingerprint density at radius 1 is 1.35 bits per heavy atom. The number of nitrogens with one attached hydrogen (secondary N) is 2. The summed E-state index contributed by atoms with van der Waals surface area (Å²) in [4.78, 5) is 4.16. The predicted molar refractivity (Wildman–Crippen MR) is 79.8 cm³/mol. The smallest absolute Gasteiger partial charge is 0.213 e. The third-order valence-corrected chi connectivity index (χ3v) is 4.76. The predicted octanol–water partition coefficient (Wildman–Crippen LogP) is 2.10. The summed E-state index contributed by atoms with van der Waals surface area (Å²) < 4.78 is 5.18. The lowest BCUT2D eigenvalue weighted by Gasteiger charge is -2.26. The molecule has 1 aliphatic heterocycles. The molecule has 2 aliphatic rings. The van der Waals surface area contributed by atoms with Gasteiger partial charge in [0.05, 0.1) is 7.11 Å². The Morgan fingerprint density at radius 3 is 3.10 bits per heavy atom. The van der Waals surface area contributed by atoms with E-state index in [0.717, 1.165) is 18.5 Å². The van der Waals surface area contributed by atoms with Gasteiger partial charge in [-0.15, -0.1) is 0 Å². The number of ether oxygens (including phenoxy) is 1. The molecule has 1 aromatic heterocycles. The molecule has 110 valence electrons. The molecule has 0 spiro atoms. The molecule has 2 N–H and O–H groups in total. The van der Waals surface area contributed by atoms with Gasteiger partial charge in [0.2, 0.25) is 5.88 Å². The monoisotopic (exact) mass is 275 g/mol. The van der Waals surface area contributed by atoms with Crippen molar-refractivity contribution in [3.63, 3.8) is 0 Å². The van der Waals surface area contributed by atoms with E-state index >= 15 is 0 Å². The number of aromatic nitrogens is 1. The highest BCUT2D eigenvalue weighted by Gasteiger charge is 2.34. The Hall–Kier alpha value is -1.13. The van der Waals surface area contributed by atoms with E-state index in [9.17, 15) is 0 Å². The van der Waals surface area contributed by atoms with Crippen LogP contribution in [0.2, 0.25) is 0 Å². The highest BCUT2D eigenvalue weighted by Crippen LogP contribution is 2.32. The summed E-state index contributed by atoms with van der Waals surface area (Å²) in [5.74, 6) is 1.51. The molecular weight excluding hydrogens is 250 g/mol. The first-order valence-corrected chi connectivity index (χ1v) is 7.82. The first-order valence-electron chi connectivity index (χ1n) is 7.82. The van der Waals surface area contributed by atoms with Crippen LogP contribution >= 0.6 is 0 Å². The van der Waals surface area contributed by atoms with Gasteiger partial charge in [0.1, 0.15) is 0 Å². The lowest BCUT2D eigenvalue weighted by molar-refractivity contribution is 0.319. The number of hydrogen-bond acceptors (Lipinski definition) is 4. The molecule has 0 bridgehead atoms. The quantitative estimate of drug-likeness (QED) is 0.864. The zero-order valence-electron chi connectivity index (χ0n) is 12.3. The van der Waals surface area contributed by atoms with Crippen LogP contribution in [0.3, 0.4) is 0 Å². The second-order valence-electron chi connectivity index (χ2n) is 5.99. The summed E-state index contributed by atoms with van der Waals surface area (Å²) in [5, 5.41) is 7.43. The number of nitrogens with zero attached hydrogens (tertiary/aromatic N) is 1. The topological polar surface area (TPSA) is 46.2 Å². The summed E-state index contributed by atoms with van der Waals surface area (Å²) in [6, 6.07) is 5.48. The second-order valence-corrected chi connectivity index (χ2v) is 5.99. The van der Waals surface area contributed by atoms with Crippen molar-refractivity contribution in [3.8, 4) is 5.88 Å². The summed E-state index contributed by atoms with van der Waals surface area (Å²) in [7, 11) is 1.66. The standard InChI is InChI=1S/C16H25N3O/c1-20-16-10-12(7-9-18-16)11-19-15-5-2-4-13(15)14-6-3-8-17-14/h7,9-10,13-15,17,19H,2-6,8,11H2,1H3. The van der Waals surface area contributed by atoms with Crippen molar-refractivity contribution >= 4 is 0 Å². The Bertz CT molecular complexity index is 431. The summed E-state index contributed by atoms with van der Waals surface area (Å²) in [6.45, 7) is 2.11. The van der Waals surface area contributed by atoms with Gasteiger partial charge in [-0.05, 0) is 49.8 Å². The van der Waals surface area contributed by atoms with E-state index < -0.39 is 0 Å². The molecule has 3 unspecified atom stereocenters. The minimum Gasteiger partial charge on any atom is -0.481 e. The van der Waals surface area contributed by atoms with Crippen LogP contribution < -0.4 is 15.4 Å². The van der Waals surface area contributed by atoms with Crippen LogP contribution in [0, 0.1) is 5.92 Å². The number of rotatable bonds is 5. The van der Waals surface area contributed by atoms with Crippen LogP contribution in [0.1, 0.15) is 37.7 Å². The lowest BCUT2D eigenvalue weighted by Crippen LogP contribution is -2.41. The molecule has 1 aliphatic carbocycles. The second kappa shape index (κ2) is 6.55. The van der Waals surface area contributed by atoms with E-state index in [2.05, 4.69) is 21.7 Å². The molecular formula is C16H25N3O. The van der Waals surface area contributed by atoms with E-state index in [1.54, 1.807) is 7.11 Å². The van der Waals surface area contributed by atoms with E-state index in [-0.39, 0.29) is 0 Å². The Kier molecular flexibility index (Phi) is 4.53. The first kappa shape index (κ1) is 13.8. The van der Waals surface area contributed by atoms with Gasteiger partial charge in [0.25, 0.3) is 0 Å². The van der Waals surface area contributed by atoms with Crippen molar-refractivity contribution in [3.05, 3.63) is 23.9 Å². The molecule has 4 nitrogen and oxygen atoms in total. The highest BCUT2D eigenvalue weighted by molar-refractivity contribution is 5.20. The molecule has 0 amide bonds. The molecule has 2 heterocycles. The largest absolute Gasteiger partial charge is 0.481 e. The number of hydrogen-bond donors (Lipinski definition) is 2.